The Labute approximate surface area is 125 Å². The highest BCUT2D eigenvalue weighted by molar-refractivity contribution is 5.92. The number of methoxy groups -OCH3 is 2. The van der Waals surface area contributed by atoms with E-state index in [0.29, 0.717) is 0 Å². The Hall–Kier alpha value is -3.16. The predicted molar refractivity (Wildman–Crippen MR) is 75.1 cm³/mol. The van der Waals surface area contributed by atoms with Crippen LogP contribution in [-0.2, 0) is 9.47 Å². The molecule has 2 rings (SSSR count). The Balaban J connectivity index is 2.67. The third-order valence-corrected chi connectivity index (χ3v) is 3.00. The fourth-order valence-corrected chi connectivity index (χ4v) is 1.98. The van der Waals surface area contributed by atoms with Crippen molar-refractivity contribution in [3.05, 3.63) is 57.9 Å². The van der Waals surface area contributed by atoms with Gasteiger partial charge in [-0.2, -0.15) is 0 Å². The SMILES string of the molecule is COC(=O)c1ccc([N+](=O)[O-])c(-n2cccc2C(=O)OC)c1. The van der Waals surface area contributed by atoms with Crippen LogP contribution in [-0.4, -0.2) is 35.6 Å². The van der Waals surface area contributed by atoms with Gasteiger partial charge in [-0.3, -0.25) is 10.1 Å². The fraction of sp³-hybridized carbons (Fsp3) is 0.143. The van der Waals surface area contributed by atoms with Gasteiger partial charge in [0.2, 0.25) is 0 Å². The Kier molecular flexibility index (Phi) is 4.21. The summed E-state index contributed by atoms with van der Waals surface area (Å²) < 4.78 is 10.5. The number of hydrogen-bond acceptors (Lipinski definition) is 6. The number of rotatable bonds is 4. The monoisotopic (exact) mass is 304 g/mol. The molecule has 1 aromatic heterocycles. The summed E-state index contributed by atoms with van der Waals surface area (Å²) in [5.41, 5.74) is 0.0486. The van der Waals surface area contributed by atoms with Gasteiger partial charge in [-0.05, 0) is 24.3 Å². The summed E-state index contributed by atoms with van der Waals surface area (Å²) in [4.78, 5) is 33.9. The molecular weight excluding hydrogens is 292 g/mol. The molecule has 0 amide bonds. The molecule has 22 heavy (non-hydrogen) atoms. The molecule has 0 fully saturated rings. The van der Waals surface area contributed by atoms with E-state index in [2.05, 4.69) is 9.47 Å². The van der Waals surface area contributed by atoms with Crippen LogP contribution in [0.4, 0.5) is 5.69 Å². The van der Waals surface area contributed by atoms with Gasteiger partial charge >= 0.3 is 11.9 Å². The molecule has 0 unspecified atom stereocenters. The van der Waals surface area contributed by atoms with Crippen LogP contribution < -0.4 is 0 Å². The topological polar surface area (TPSA) is 101 Å². The van der Waals surface area contributed by atoms with Gasteiger partial charge in [-0.25, -0.2) is 9.59 Å². The molecule has 0 N–H and O–H groups in total. The largest absolute Gasteiger partial charge is 0.465 e. The zero-order chi connectivity index (χ0) is 16.3. The summed E-state index contributed by atoms with van der Waals surface area (Å²) in [5, 5.41) is 11.2. The Morgan fingerprint density at radius 2 is 1.82 bits per heavy atom. The van der Waals surface area contributed by atoms with Gasteiger partial charge in [0.05, 0.1) is 24.7 Å². The van der Waals surface area contributed by atoms with Crippen molar-refractivity contribution >= 4 is 17.6 Å². The third kappa shape index (κ3) is 2.66. The highest BCUT2D eigenvalue weighted by Gasteiger charge is 2.22. The lowest BCUT2D eigenvalue weighted by Gasteiger charge is -2.10. The highest BCUT2D eigenvalue weighted by atomic mass is 16.6. The van der Waals surface area contributed by atoms with Gasteiger partial charge < -0.3 is 14.0 Å². The molecule has 2 aromatic rings. The van der Waals surface area contributed by atoms with E-state index in [9.17, 15) is 19.7 Å². The number of ether oxygens (including phenoxy) is 2. The van der Waals surface area contributed by atoms with Crippen LogP contribution in [0.1, 0.15) is 20.8 Å². The molecule has 1 heterocycles. The summed E-state index contributed by atoms with van der Waals surface area (Å²) in [6.45, 7) is 0. The molecule has 0 saturated carbocycles. The van der Waals surface area contributed by atoms with E-state index >= 15 is 0 Å². The Morgan fingerprint density at radius 3 is 2.41 bits per heavy atom. The maximum Gasteiger partial charge on any atom is 0.355 e. The second kappa shape index (κ2) is 6.08. The molecule has 0 saturated heterocycles. The van der Waals surface area contributed by atoms with E-state index in [1.807, 2.05) is 0 Å². The normalized spacial score (nSPS) is 10.1. The first kappa shape index (κ1) is 15.2. The molecule has 0 radical (unpaired) electrons. The minimum atomic E-state index is -0.650. The van der Waals surface area contributed by atoms with Crippen LogP contribution in [0.5, 0.6) is 0 Å². The van der Waals surface area contributed by atoms with Crippen LogP contribution in [0, 0.1) is 10.1 Å². The molecule has 8 nitrogen and oxygen atoms in total. The van der Waals surface area contributed by atoms with Gasteiger partial charge in [0.25, 0.3) is 5.69 Å². The van der Waals surface area contributed by atoms with E-state index in [-0.39, 0.29) is 22.6 Å². The van der Waals surface area contributed by atoms with Crippen molar-refractivity contribution in [2.24, 2.45) is 0 Å². The lowest BCUT2D eigenvalue weighted by Crippen LogP contribution is -2.11. The second-order valence-electron chi connectivity index (χ2n) is 4.21. The van der Waals surface area contributed by atoms with E-state index in [1.165, 1.54) is 49.2 Å². The third-order valence-electron chi connectivity index (χ3n) is 3.00. The Morgan fingerprint density at radius 1 is 1.14 bits per heavy atom. The van der Waals surface area contributed by atoms with E-state index < -0.39 is 16.9 Å². The molecule has 0 aliphatic rings. The van der Waals surface area contributed by atoms with Crippen LogP contribution in [0.15, 0.2) is 36.5 Å². The van der Waals surface area contributed by atoms with Gasteiger partial charge in [0.15, 0.2) is 0 Å². The lowest BCUT2D eigenvalue weighted by atomic mass is 10.1. The number of nitro groups is 1. The summed E-state index contributed by atoms with van der Waals surface area (Å²) in [6, 6.07) is 6.76. The average Bonchev–Trinajstić information content (AvgIpc) is 3.02. The highest BCUT2D eigenvalue weighted by Crippen LogP contribution is 2.26. The number of hydrogen-bond donors (Lipinski definition) is 0. The smallest absolute Gasteiger partial charge is 0.355 e. The number of nitrogens with zero attached hydrogens (tertiary/aromatic N) is 2. The minimum Gasteiger partial charge on any atom is -0.465 e. The van der Waals surface area contributed by atoms with Crippen molar-refractivity contribution in [3.63, 3.8) is 0 Å². The lowest BCUT2D eigenvalue weighted by molar-refractivity contribution is -0.384. The average molecular weight is 304 g/mol. The standard InChI is InChI=1S/C14H12N2O6/c1-21-13(17)9-5-6-10(16(19)20)12(8-9)15-7-3-4-11(15)14(18)22-2/h3-8H,1-2H3. The summed E-state index contributed by atoms with van der Waals surface area (Å²) >= 11 is 0. The molecule has 0 spiro atoms. The minimum absolute atomic E-state index is 0.0679. The molecule has 0 bridgehead atoms. The van der Waals surface area contributed by atoms with Gasteiger partial charge in [-0.15, -0.1) is 0 Å². The molecule has 0 aliphatic carbocycles. The molecule has 1 aromatic carbocycles. The van der Waals surface area contributed by atoms with Gasteiger partial charge in [-0.1, -0.05) is 0 Å². The van der Waals surface area contributed by atoms with Crippen molar-refractivity contribution in [1.29, 1.82) is 0 Å². The van der Waals surface area contributed by atoms with Crippen LogP contribution >= 0.6 is 0 Å². The number of benzene rings is 1. The maximum absolute atomic E-state index is 11.7. The molecule has 0 atom stereocenters. The summed E-state index contributed by atoms with van der Waals surface area (Å²) in [5.74, 6) is -1.29. The van der Waals surface area contributed by atoms with E-state index in [0.717, 1.165) is 0 Å². The van der Waals surface area contributed by atoms with Crippen molar-refractivity contribution in [3.8, 4) is 5.69 Å². The first-order valence-corrected chi connectivity index (χ1v) is 6.12. The van der Waals surface area contributed by atoms with Crippen LogP contribution in [0.25, 0.3) is 5.69 Å². The van der Waals surface area contributed by atoms with Gasteiger partial charge in [0, 0.05) is 12.3 Å². The molecular formula is C14H12N2O6. The molecule has 0 aliphatic heterocycles. The number of carbonyl (C=O) groups excluding carboxylic acids is 2. The summed E-state index contributed by atoms with van der Waals surface area (Å²) in [6.07, 6.45) is 1.47. The number of nitro benzene ring substituents is 1. The first-order chi connectivity index (χ1) is 10.5. The fourth-order valence-electron chi connectivity index (χ4n) is 1.98. The maximum atomic E-state index is 11.7. The van der Waals surface area contributed by atoms with Crippen LogP contribution in [0.3, 0.4) is 0 Å². The van der Waals surface area contributed by atoms with Crippen LogP contribution in [0.2, 0.25) is 0 Å². The predicted octanol–water partition coefficient (Wildman–Crippen LogP) is 1.96. The zero-order valence-electron chi connectivity index (χ0n) is 11.8. The van der Waals surface area contributed by atoms with Gasteiger partial charge in [0.1, 0.15) is 11.4 Å². The number of esters is 2. The molecule has 8 heteroatoms. The second-order valence-corrected chi connectivity index (χ2v) is 4.21. The number of aromatic nitrogens is 1. The summed E-state index contributed by atoms with van der Waals surface area (Å²) in [7, 11) is 2.41. The van der Waals surface area contributed by atoms with E-state index in [1.54, 1.807) is 6.07 Å². The van der Waals surface area contributed by atoms with Crippen molar-refractivity contribution in [2.45, 2.75) is 0 Å². The van der Waals surface area contributed by atoms with Crippen molar-refractivity contribution in [2.75, 3.05) is 14.2 Å². The van der Waals surface area contributed by atoms with Crippen molar-refractivity contribution in [1.82, 2.24) is 4.57 Å². The Bertz CT molecular complexity index is 750. The van der Waals surface area contributed by atoms with E-state index in [4.69, 9.17) is 0 Å². The zero-order valence-corrected chi connectivity index (χ0v) is 11.8. The first-order valence-electron chi connectivity index (χ1n) is 6.12. The molecule has 114 valence electrons. The number of carbonyl (C=O) groups is 2. The van der Waals surface area contributed by atoms with Crippen molar-refractivity contribution < 1.29 is 24.0 Å². The quantitative estimate of drug-likeness (QED) is 0.486.